The lowest BCUT2D eigenvalue weighted by molar-refractivity contribution is 0.160. The fraction of sp³-hybridized carbons (Fsp3) is 0.429. The molecule has 0 aliphatic rings. The second-order valence-electron chi connectivity index (χ2n) is 4.81. The van der Waals surface area contributed by atoms with Crippen molar-refractivity contribution in [2.75, 3.05) is 34.7 Å². The largest absolute Gasteiger partial charge is 0.414 e. The number of benzene rings is 1. The summed E-state index contributed by atoms with van der Waals surface area (Å²) in [5, 5.41) is 0. The van der Waals surface area contributed by atoms with E-state index in [0.717, 1.165) is 0 Å². The van der Waals surface area contributed by atoms with Crippen LogP contribution in [0.15, 0.2) is 18.2 Å². The van der Waals surface area contributed by atoms with Crippen LogP contribution in [0, 0.1) is 0 Å². The van der Waals surface area contributed by atoms with Gasteiger partial charge in [-0.3, -0.25) is 0 Å². The number of ether oxygens (including phenoxy) is 2. The van der Waals surface area contributed by atoms with E-state index >= 15 is 0 Å². The maximum Gasteiger partial charge on any atom is 0.414 e. The molecule has 0 radical (unpaired) electrons. The lowest BCUT2D eigenvalue weighted by Crippen LogP contribution is -2.28. The third-order valence-electron chi connectivity index (χ3n) is 2.59. The van der Waals surface area contributed by atoms with Crippen molar-refractivity contribution in [1.29, 1.82) is 0 Å². The van der Waals surface area contributed by atoms with Crippen molar-refractivity contribution in [3.05, 3.63) is 23.8 Å². The fourth-order valence-electron chi connectivity index (χ4n) is 1.47. The molecule has 7 nitrogen and oxygen atoms in total. The molecule has 0 fully saturated rings. The maximum atomic E-state index is 11.8. The number of nitrogens with two attached hydrogens (primary N) is 1. The summed E-state index contributed by atoms with van der Waals surface area (Å²) in [4.78, 5) is 26.0. The van der Waals surface area contributed by atoms with E-state index in [-0.39, 0.29) is 11.5 Å². The molecule has 0 unspecified atom stereocenters. The highest BCUT2D eigenvalue weighted by Crippen LogP contribution is 2.32. The van der Waals surface area contributed by atoms with Crippen molar-refractivity contribution >= 4 is 12.2 Å². The molecular weight excluding hydrogens is 274 g/mol. The molecule has 2 N–H and O–H groups in total. The van der Waals surface area contributed by atoms with Crippen LogP contribution in [0.3, 0.4) is 0 Å². The van der Waals surface area contributed by atoms with Crippen LogP contribution in [-0.4, -0.2) is 56.7 Å². The van der Waals surface area contributed by atoms with Crippen molar-refractivity contribution in [1.82, 2.24) is 9.80 Å². The zero-order chi connectivity index (χ0) is 16.0. The van der Waals surface area contributed by atoms with Gasteiger partial charge in [0.15, 0.2) is 11.5 Å². The maximum absolute atomic E-state index is 11.8. The van der Waals surface area contributed by atoms with Gasteiger partial charge in [-0.25, -0.2) is 9.59 Å². The second-order valence-corrected chi connectivity index (χ2v) is 4.81. The summed E-state index contributed by atoms with van der Waals surface area (Å²) in [5.74, 6) is 0.409. The lowest BCUT2D eigenvalue weighted by Gasteiger charge is -2.18. The first-order valence-corrected chi connectivity index (χ1v) is 6.47. The van der Waals surface area contributed by atoms with Crippen molar-refractivity contribution in [3.8, 4) is 11.5 Å². The number of para-hydroxylation sites is 1. The third-order valence-corrected chi connectivity index (χ3v) is 2.59. The van der Waals surface area contributed by atoms with Gasteiger partial charge in [0.1, 0.15) is 0 Å². The van der Waals surface area contributed by atoms with Gasteiger partial charge in [0.05, 0.1) is 0 Å². The molecule has 1 aromatic carbocycles. The lowest BCUT2D eigenvalue weighted by atomic mass is 10.1. The normalized spacial score (nSPS) is 9.95. The average molecular weight is 295 g/mol. The van der Waals surface area contributed by atoms with Crippen LogP contribution >= 0.6 is 0 Å². The number of amides is 2. The summed E-state index contributed by atoms with van der Waals surface area (Å²) in [5.41, 5.74) is 6.26. The minimum atomic E-state index is -0.554. The van der Waals surface area contributed by atoms with E-state index < -0.39 is 12.2 Å². The van der Waals surface area contributed by atoms with Crippen LogP contribution in [-0.2, 0) is 6.42 Å². The number of carbonyl (C=O) groups excluding carboxylic acids is 2. The summed E-state index contributed by atoms with van der Waals surface area (Å²) in [6, 6.07) is 5.06. The highest BCUT2D eigenvalue weighted by atomic mass is 16.6. The van der Waals surface area contributed by atoms with Gasteiger partial charge in [0.25, 0.3) is 0 Å². The molecule has 0 saturated carbocycles. The van der Waals surface area contributed by atoms with Gasteiger partial charge in [-0.15, -0.1) is 0 Å². The van der Waals surface area contributed by atoms with E-state index in [0.29, 0.717) is 18.5 Å². The van der Waals surface area contributed by atoms with Crippen molar-refractivity contribution in [3.63, 3.8) is 0 Å². The third kappa shape index (κ3) is 4.64. The van der Waals surface area contributed by atoms with E-state index in [1.807, 2.05) is 0 Å². The van der Waals surface area contributed by atoms with Crippen LogP contribution in [0.25, 0.3) is 0 Å². The number of rotatable bonds is 4. The van der Waals surface area contributed by atoms with Gasteiger partial charge in [0.2, 0.25) is 0 Å². The smallest absolute Gasteiger partial charge is 0.406 e. The Morgan fingerprint density at radius 3 is 2.14 bits per heavy atom. The average Bonchev–Trinajstić information content (AvgIpc) is 2.41. The quantitative estimate of drug-likeness (QED) is 0.905. The summed E-state index contributed by atoms with van der Waals surface area (Å²) in [6.07, 6.45) is -0.604. The van der Waals surface area contributed by atoms with Crippen molar-refractivity contribution in [2.24, 2.45) is 5.73 Å². The van der Waals surface area contributed by atoms with Crippen molar-refractivity contribution in [2.45, 2.75) is 6.42 Å². The monoisotopic (exact) mass is 295 g/mol. The van der Waals surface area contributed by atoms with Crippen LogP contribution in [0.5, 0.6) is 11.5 Å². The van der Waals surface area contributed by atoms with Crippen LogP contribution in [0.2, 0.25) is 0 Å². The highest BCUT2D eigenvalue weighted by molar-refractivity contribution is 5.75. The van der Waals surface area contributed by atoms with E-state index in [1.165, 1.54) is 9.80 Å². The Bertz CT molecular complexity index is 515. The predicted octanol–water partition coefficient (Wildman–Crippen LogP) is 1.31. The number of nitrogens with zero attached hydrogens (tertiary/aromatic N) is 2. The summed E-state index contributed by atoms with van der Waals surface area (Å²) in [7, 11) is 6.27. The van der Waals surface area contributed by atoms with Gasteiger partial charge in [-0.2, -0.15) is 0 Å². The Labute approximate surface area is 124 Å². The molecule has 0 aromatic heterocycles. The molecule has 116 valence electrons. The second kappa shape index (κ2) is 7.49. The standard InChI is InChI=1S/C14H21N3O4/c1-16(2)13(18)20-11-7-5-6-10(8-9-15)12(11)21-14(19)17(3)4/h5-7H,8-9,15H2,1-4H3. The molecule has 1 aromatic rings. The Morgan fingerprint density at radius 1 is 1.05 bits per heavy atom. The van der Waals surface area contributed by atoms with E-state index in [1.54, 1.807) is 46.4 Å². The van der Waals surface area contributed by atoms with Crippen LogP contribution in [0.4, 0.5) is 9.59 Å². The molecule has 0 bridgehead atoms. The summed E-state index contributed by atoms with van der Waals surface area (Å²) < 4.78 is 10.5. The molecule has 0 spiro atoms. The Kier molecular flexibility index (Phi) is 5.98. The molecule has 0 heterocycles. The Morgan fingerprint density at radius 2 is 1.62 bits per heavy atom. The summed E-state index contributed by atoms with van der Waals surface area (Å²) in [6.45, 7) is 0.387. The van der Waals surface area contributed by atoms with E-state index in [4.69, 9.17) is 15.2 Å². The minimum Gasteiger partial charge on any atom is -0.406 e. The van der Waals surface area contributed by atoms with E-state index in [9.17, 15) is 9.59 Å². The van der Waals surface area contributed by atoms with Crippen LogP contribution < -0.4 is 15.2 Å². The number of carbonyl (C=O) groups is 2. The first-order chi connectivity index (χ1) is 9.86. The fourth-order valence-corrected chi connectivity index (χ4v) is 1.47. The van der Waals surface area contributed by atoms with Gasteiger partial charge in [-0.05, 0) is 19.0 Å². The SMILES string of the molecule is CN(C)C(=O)Oc1cccc(CCN)c1OC(=O)N(C)C. The first-order valence-electron chi connectivity index (χ1n) is 6.47. The number of hydrogen-bond acceptors (Lipinski definition) is 5. The van der Waals surface area contributed by atoms with Crippen molar-refractivity contribution < 1.29 is 19.1 Å². The molecule has 2 amide bonds. The van der Waals surface area contributed by atoms with Gasteiger partial charge < -0.3 is 25.0 Å². The zero-order valence-electron chi connectivity index (χ0n) is 12.8. The number of hydrogen-bond donors (Lipinski definition) is 1. The molecule has 1 rings (SSSR count). The zero-order valence-corrected chi connectivity index (χ0v) is 12.8. The minimum absolute atomic E-state index is 0.190. The highest BCUT2D eigenvalue weighted by Gasteiger charge is 2.19. The Balaban J connectivity index is 3.13. The van der Waals surface area contributed by atoms with Gasteiger partial charge >= 0.3 is 12.2 Å². The van der Waals surface area contributed by atoms with Gasteiger partial charge in [0, 0.05) is 33.8 Å². The topological polar surface area (TPSA) is 85.1 Å². The first kappa shape index (κ1) is 16.8. The van der Waals surface area contributed by atoms with Crippen LogP contribution in [0.1, 0.15) is 5.56 Å². The molecule has 0 saturated heterocycles. The predicted molar refractivity (Wildman–Crippen MR) is 78.6 cm³/mol. The van der Waals surface area contributed by atoms with Gasteiger partial charge in [-0.1, -0.05) is 12.1 Å². The molecule has 0 aliphatic heterocycles. The molecule has 0 atom stereocenters. The Hall–Kier alpha value is -2.28. The molecule has 0 aliphatic carbocycles. The summed E-state index contributed by atoms with van der Waals surface area (Å²) >= 11 is 0. The molecular formula is C14H21N3O4. The molecule has 7 heteroatoms. The molecule has 21 heavy (non-hydrogen) atoms. The van der Waals surface area contributed by atoms with E-state index in [2.05, 4.69) is 0 Å².